The Hall–Kier alpha value is -1.98. The van der Waals surface area contributed by atoms with E-state index in [1.165, 1.54) is 5.56 Å². The standard InChI is InChI=1S/C18H19N3OS/c22-18(12-14-4-2-1-3-5-14)7-9-21(10-8-18)16-15-6-11-23-17(15)20-13-19-16/h1-6,11,13,22H,7-10,12H2. The number of rotatable bonds is 3. The number of benzene rings is 1. The fraction of sp³-hybridized carbons (Fsp3) is 0.333. The molecule has 0 unspecified atom stereocenters. The molecule has 1 saturated heterocycles. The number of hydrogen-bond donors (Lipinski definition) is 1. The first-order valence-electron chi connectivity index (χ1n) is 7.93. The van der Waals surface area contributed by atoms with Gasteiger partial charge in [-0.25, -0.2) is 9.97 Å². The Morgan fingerprint density at radius 3 is 2.65 bits per heavy atom. The van der Waals surface area contributed by atoms with Crippen molar-refractivity contribution in [1.82, 2.24) is 9.97 Å². The minimum Gasteiger partial charge on any atom is -0.389 e. The van der Waals surface area contributed by atoms with Gasteiger partial charge in [-0.05, 0) is 29.9 Å². The Labute approximate surface area is 139 Å². The van der Waals surface area contributed by atoms with Crippen LogP contribution in [0.2, 0.25) is 0 Å². The number of aliphatic hydroxyl groups is 1. The maximum Gasteiger partial charge on any atom is 0.140 e. The summed E-state index contributed by atoms with van der Waals surface area (Å²) < 4.78 is 0. The average Bonchev–Trinajstić information content (AvgIpc) is 3.05. The third kappa shape index (κ3) is 2.94. The van der Waals surface area contributed by atoms with Crippen LogP contribution in [-0.4, -0.2) is 33.8 Å². The normalized spacial score (nSPS) is 17.5. The highest BCUT2D eigenvalue weighted by Crippen LogP contribution is 2.32. The van der Waals surface area contributed by atoms with E-state index in [-0.39, 0.29) is 0 Å². The van der Waals surface area contributed by atoms with E-state index in [4.69, 9.17) is 0 Å². The van der Waals surface area contributed by atoms with Gasteiger partial charge in [-0.3, -0.25) is 0 Å². The number of nitrogens with zero attached hydrogens (tertiary/aromatic N) is 3. The fourth-order valence-electron chi connectivity index (χ4n) is 3.32. The van der Waals surface area contributed by atoms with E-state index in [1.54, 1.807) is 17.7 Å². The molecule has 0 amide bonds. The van der Waals surface area contributed by atoms with Gasteiger partial charge in [0.15, 0.2) is 0 Å². The van der Waals surface area contributed by atoms with Crippen LogP contribution in [0, 0.1) is 0 Å². The minimum atomic E-state index is -0.612. The molecule has 1 fully saturated rings. The molecule has 1 aliphatic rings. The van der Waals surface area contributed by atoms with Crippen LogP contribution >= 0.6 is 11.3 Å². The second-order valence-corrected chi connectivity index (χ2v) is 7.11. The molecule has 23 heavy (non-hydrogen) atoms. The second kappa shape index (κ2) is 5.91. The molecule has 1 aromatic carbocycles. The van der Waals surface area contributed by atoms with Crippen LogP contribution in [0.4, 0.5) is 5.82 Å². The fourth-order valence-corrected chi connectivity index (χ4v) is 4.04. The van der Waals surface area contributed by atoms with Crippen LogP contribution in [0.25, 0.3) is 10.2 Å². The Bertz CT molecular complexity index is 794. The molecule has 118 valence electrons. The van der Waals surface area contributed by atoms with Crippen molar-refractivity contribution in [1.29, 1.82) is 0 Å². The zero-order valence-corrected chi connectivity index (χ0v) is 13.7. The molecule has 3 heterocycles. The lowest BCUT2D eigenvalue weighted by Gasteiger charge is -2.39. The molecule has 1 N–H and O–H groups in total. The maximum atomic E-state index is 10.9. The Kier molecular flexibility index (Phi) is 3.75. The summed E-state index contributed by atoms with van der Waals surface area (Å²) in [6, 6.07) is 12.3. The van der Waals surface area contributed by atoms with Crippen LogP contribution in [0.1, 0.15) is 18.4 Å². The highest BCUT2D eigenvalue weighted by molar-refractivity contribution is 7.16. The first-order chi connectivity index (χ1) is 11.2. The molecule has 4 rings (SSSR count). The third-order valence-electron chi connectivity index (χ3n) is 4.61. The van der Waals surface area contributed by atoms with Crippen molar-refractivity contribution in [3.63, 3.8) is 0 Å². The molecule has 0 radical (unpaired) electrons. The van der Waals surface area contributed by atoms with Crippen molar-refractivity contribution in [2.75, 3.05) is 18.0 Å². The van der Waals surface area contributed by atoms with Crippen molar-refractivity contribution in [3.05, 3.63) is 53.7 Å². The molecule has 4 nitrogen and oxygen atoms in total. The molecule has 1 aliphatic heterocycles. The van der Waals surface area contributed by atoms with Crippen LogP contribution < -0.4 is 4.90 Å². The SMILES string of the molecule is OC1(Cc2ccccc2)CCN(c2ncnc3sccc23)CC1. The van der Waals surface area contributed by atoms with E-state index in [0.717, 1.165) is 48.4 Å². The topological polar surface area (TPSA) is 49.2 Å². The monoisotopic (exact) mass is 325 g/mol. The Balaban J connectivity index is 1.49. The number of piperidine rings is 1. The third-order valence-corrected chi connectivity index (χ3v) is 5.43. The highest BCUT2D eigenvalue weighted by atomic mass is 32.1. The van der Waals surface area contributed by atoms with Gasteiger partial charge < -0.3 is 10.0 Å². The largest absolute Gasteiger partial charge is 0.389 e. The summed E-state index contributed by atoms with van der Waals surface area (Å²) in [4.78, 5) is 12.1. The zero-order chi connectivity index (χ0) is 15.7. The van der Waals surface area contributed by atoms with Crippen LogP contribution in [0.5, 0.6) is 0 Å². The van der Waals surface area contributed by atoms with E-state index in [2.05, 4.69) is 38.4 Å². The van der Waals surface area contributed by atoms with Crippen LogP contribution in [0.15, 0.2) is 48.1 Å². The summed E-state index contributed by atoms with van der Waals surface area (Å²) in [5.74, 6) is 0.998. The predicted octanol–water partition coefficient (Wildman–Crippen LogP) is 3.27. The summed E-state index contributed by atoms with van der Waals surface area (Å²) >= 11 is 1.64. The van der Waals surface area contributed by atoms with Gasteiger partial charge in [0.2, 0.25) is 0 Å². The molecular formula is C18H19N3OS. The minimum absolute atomic E-state index is 0.612. The van der Waals surface area contributed by atoms with E-state index < -0.39 is 5.60 Å². The average molecular weight is 325 g/mol. The van der Waals surface area contributed by atoms with Gasteiger partial charge in [0, 0.05) is 19.5 Å². The predicted molar refractivity (Wildman–Crippen MR) is 94.0 cm³/mol. The number of aromatic nitrogens is 2. The van der Waals surface area contributed by atoms with E-state index in [9.17, 15) is 5.11 Å². The van der Waals surface area contributed by atoms with E-state index >= 15 is 0 Å². The van der Waals surface area contributed by atoms with Crippen molar-refractivity contribution in [3.8, 4) is 0 Å². The number of hydrogen-bond acceptors (Lipinski definition) is 5. The highest BCUT2D eigenvalue weighted by Gasteiger charge is 2.33. The molecule has 5 heteroatoms. The number of fused-ring (bicyclic) bond motifs is 1. The summed E-state index contributed by atoms with van der Waals surface area (Å²) in [5, 5.41) is 14.1. The van der Waals surface area contributed by atoms with Gasteiger partial charge in [0.25, 0.3) is 0 Å². The molecule has 0 aliphatic carbocycles. The lowest BCUT2D eigenvalue weighted by molar-refractivity contribution is 0.0165. The molecular weight excluding hydrogens is 306 g/mol. The van der Waals surface area contributed by atoms with Gasteiger partial charge in [-0.1, -0.05) is 30.3 Å². The van der Waals surface area contributed by atoms with Crippen molar-refractivity contribution >= 4 is 27.4 Å². The van der Waals surface area contributed by atoms with Crippen LogP contribution in [0.3, 0.4) is 0 Å². The lowest BCUT2D eigenvalue weighted by atomic mass is 9.85. The summed E-state index contributed by atoms with van der Waals surface area (Å²) in [6.45, 7) is 1.65. The molecule has 0 saturated carbocycles. The molecule has 2 aromatic heterocycles. The summed E-state index contributed by atoms with van der Waals surface area (Å²) in [7, 11) is 0. The van der Waals surface area contributed by atoms with Crippen LogP contribution in [-0.2, 0) is 6.42 Å². The molecule has 0 spiro atoms. The second-order valence-electron chi connectivity index (χ2n) is 6.21. The van der Waals surface area contributed by atoms with Gasteiger partial charge in [-0.2, -0.15) is 0 Å². The zero-order valence-electron chi connectivity index (χ0n) is 12.9. The smallest absolute Gasteiger partial charge is 0.140 e. The first kappa shape index (κ1) is 14.6. The Morgan fingerprint density at radius 2 is 1.87 bits per heavy atom. The lowest BCUT2D eigenvalue weighted by Crippen LogP contribution is -2.46. The Morgan fingerprint density at radius 1 is 1.09 bits per heavy atom. The quantitative estimate of drug-likeness (QED) is 0.803. The summed E-state index contributed by atoms with van der Waals surface area (Å²) in [5.41, 5.74) is 0.587. The van der Waals surface area contributed by atoms with Crippen molar-refractivity contribution in [2.45, 2.75) is 24.9 Å². The summed E-state index contributed by atoms with van der Waals surface area (Å²) in [6.07, 6.45) is 3.88. The van der Waals surface area contributed by atoms with Gasteiger partial charge >= 0.3 is 0 Å². The van der Waals surface area contributed by atoms with Crippen molar-refractivity contribution in [2.24, 2.45) is 0 Å². The molecule has 0 bridgehead atoms. The van der Waals surface area contributed by atoms with Crippen molar-refractivity contribution < 1.29 is 5.11 Å². The van der Waals surface area contributed by atoms with Gasteiger partial charge in [0.1, 0.15) is 17.0 Å². The van der Waals surface area contributed by atoms with Gasteiger partial charge in [-0.15, -0.1) is 11.3 Å². The molecule has 0 atom stereocenters. The maximum absolute atomic E-state index is 10.9. The molecule has 3 aromatic rings. The number of anilines is 1. The van der Waals surface area contributed by atoms with Gasteiger partial charge in [0.05, 0.1) is 11.0 Å². The van der Waals surface area contributed by atoms with E-state index in [0.29, 0.717) is 0 Å². The number of thiophene rings is 1. The first-order valence-corrected chi connectivity index (χ1v) is 8.81. The van der Waals surface area contributed by atoms with E-state index in [1.807, 2.05) is 18.2 Å².